The third-order valence-corrected chi connectivity index (χ3v) is 2.85. The van der Waals surface area contributed by atoms with Crippen molar-refractivity contribution in [2.24, 2.45) is 0 Å². The number of hydrogen-bond donors (Lipinski definition) is 2. The minimum absolute atomic E-state index is 0.158. The summed E-state index contributed by atoms with van der Waals surface area (Å²) < 4.78 is 5.38. The lowest BCUT2D eigenvalue weighted by Crippen LogP contribution is -2.53. The molecule has 0 aromatic rings. The van der Waals surface area contributed by atoms with E-state index in [1.807, 2.05) is 7.05 Å². The van der Waals surface area contributed by atoms with E-state index in [9.17, 15) is 0 Å². The monoisotopic (exact) mass is 186 g/mol. The van der Waals surface area contributed by atoms with Crippen LogP contribution in [-0.4, -0.2) is 37.9 Å². The van der Waals surface area contributed by atoms with Gasteiger partial charge in [0.05, 0.1) is 6.61 Å². The molecule has 0 spiro atoms. The van der Waals surface area contributed by atoms with Crippen molar-refractivity contribution >= 4 is 0 Å². The minimum Gasteiger partial charge on any atom is -0.379 e. The zero-order valence-corrected chi connectivity index (χ0v) is 9.24. The number of hydrogen-bond acceptors (Lipinski definition) is 3. The van der Waals surface area contributed by atoms with Crippen LogP contribution in [0.1, 0.15) is 27.2 Å². The Labute approximate surface area is 81.2 Å². The minimum atomic E-state index is 0.158. The van der Waals surface area contributed by atoms with Gasteiger partial charge in [-0.2, -0.15) is 0 Å². The Morgan fingerprint density at radius 1 is 1.46 bits per heavy atom. The Kier molecular flexibility index (Phi) is 3.33. The third kappa shape index (κ3) is 3.25. The Balaban J connectivity index is 2.32. The highest BCUT2D eigenvalue weighted by Crippen LogP contribution is 2.17. The fraction of sp³-hybridized carbons (Fsp3) is 1.00. The van der Waals surface area contributed by atoms with Crippen LogP contribution in [-0.2, 0) is 4.74 Å². The van der Waals surface area contributed by atoms with Crippen molar-refractivity contribution in [1.29, 1.82) is 0 Å². The zero-order valence-electron chi connectivity index (χ0n) is 9.24. The average molecular weight is 186 g/mol. The molecule has 0 amide bonds. The van der Waals surface area contributed by atoms with Crippen molar-refractivity contribution in [1.82, 2.24) is 10.6 Å². The summed E-state index contributed by atoms with van der Waals surface area (Å²) in [5.41, 5.74) is 0.347. The van der Waals surface area contributed by atoms with Gasteiger partial charge in [-0.3, -0.25) is 0 Å². The molecule has 0 aromatic heterocycles. The highest BCUT2D eigenvalue weighted by atomic mass is 16.5. The number of nitrogens with one attached hydrogen (secondary N) is 2. The highest BCUT2D eigenvalue weighted by molar-refractivity contribution is 4.90. The van der Waals surface area contributed by atoms with Crippen LogP contribution in [0.25, 0.3) is 0 Å². The summed E-state index contributed by atoms with van der Waals surface area (Å²) in [6, 6.07) is 0. The molecule has 1 atom stereocenters. The van der Waals surface area contributed by atoms with Gasteiger partial charge in [-0.15, -0.1) is 0 Å². The van der Waals surface area contributed by atoms with E-state index in [-0.39, 0.29) is 11.1 Å². The normalized spacial score (nSPS) is 29.5. The fourth-order valence-corrected chi connectivity index (χ4v) is 1.33. The van der Waals surface area contributed by atoms with Gasteiger partial charge in [-0.05, 0) is 34.2 Å². The Morgan fingerprint density at radius 3 is 2.62 bits per heavy atom. The summed E-state index contributed by atoms with van der Waals surface area (Å²) >= 11 is 0. The molecule has 3 heteroatoms. The van der Waals surface area contributed by atoms with Crippen molar-refractivity contribution in [2.75, 3.05) is 26.8 Å². The summed E-state index contributed by atoms with van der Waals surface area (Å²) in [5.74, 6) is 0. The first-order chi connectivity index (χ1) is 5.97. The summed E-state index contributed by atoms with van der Waals surface area (Å²) in [4.78, 5) is 0. The molecule has 1 heterocycles. The van der Waals surface area contributed by atoms with Gasteiger partial charge >= 0.3 is 0 Å². The van der Waals surface area contributed by atoms with E-state index in [0.29, 0.717) is 0 Å². The highest BCUT2D eigenvalue weighted by Gasteiger charge is 2.30. The SMILES string of the molecule is CNC(C)(C)CNC1(C)CCOC1. The standard InChI is InChI=1S/C10H22N2O/c1-9(2,11-4)7-12-10(3)5-6-13-8-10/h11-12H,5-8H2,1-4H3. The van der Waals surface area contributed by atoms with Gasteiger partial charge in [0.15, 0.2) is 0 Å². The average Bonchev–Trinajstić information content (AvgIpc) is 2.50. The van der Waals surface area contributed by atoms with E-state index >= 15 is 0 Å². The quantitative estimate of drug-likeness (QED) is 0.680. The zero-order chi connectivity index (χ0) is 9.95. The van der Waals surface area contributed by atoms with Crippen LogP contribution in [0.3, 0.4) is 0 Å². The van der Waals surface area contributed by atoms with Gasteiger partial charge in [0.25, 0.3) is 0 Å². The summed E-state index contributed by atoms with van der Waals surface area (Å²) in [6.45, 7) is 9.32. The molecule has 13 heavy (non-hydrogen) atoms. The van der Waals surface area contributed by atoms with Crippen LogP contribution in [0.4, 0.5) is 0 Å². The van der Waals surface area contributed by atoms with E-state index in [0.717, 1.165) is 26.2 Å². The maximum Gasteiger partial charge on any atom is 0.0646 e. The van der Waals surface area contributed by atoms with E-state index in [1.54, 1.807) is 0 Å². The number of ether oxygens (including phenoxy) is 1. The second-order valence-corrected chi connectivity index (χ2v) is 4.85. The summed E-state index contributed by atoms with van der Waals surface area (Å²) in [7, 11) is 2.00. The van der Waals surface area contributed by atoms with Gasteiger partial charge in [-0.25, -0.2) is 0 Å². The molecule has 3 nitrogen and oxygen atoms in total. The smallest absolute Gasteiger partial charge is 0.0646 e. The van der Waals surface area contributed by atoms with Gasteiger partial charge in [0.1, 0.15) is 0 Å². The first-order valence-electron chi connectivity index (χ1n) is 4.99. The second kappa shape index (κ2) is 3.95. The molecule has 1 fully saturated rings. The molecule has 0 aliphatic carbocycles. The van der Waals surface area contributed by atoms with E-state index in [1.165, 1.54) is 0 Å². The van der Waals surface area contributed by atoms with Crippen LogP contribution >= 0.6 is 0 Å². The molecule has 1 aliphatic rings. The largest absolute Gasteiger partial charge is 0.379 e. The van der Waals surface area contributed by atoms with Crippen LogP contribution in [0, 0.1) is 0 Å². The lowest BCUT2D eigenvalue weighted by atomic mass is 9.98. The second-order valence-electron chi connectivity index (χ2n) is 4.85. The van der Waals surface area contributed by atoms with Crippen molar-refractivity contribution in [3.8, 4) is 0 Å². The number of likely N-dealkylation sites (N-methyl/N-ethyl adjacent to an activating group) is 1. The van der Waals surface area contributed by atoms with Crippen molar-refractivity contribution in [3.63, 3.8) is 0 Å². The summed E-state index contributed by atoms with van der Waals surface area (Å²) in [5, 5.41) is 6.84. The number of rotatable bonds is 4. The van der Waals surface area contributed by atoms with Gasteiger partial charge in [-0.1, -0.05) is 0 Å². The van der Waals surface area contributed by atoms with Gasteiger partial charge in [0, 0.05) is 24.2 Å². The molecule has 0 bridgehead atoms. The maximum atomic E-state index is 5.38. The predicted octanol–water partition coefficient (Wildman–Crippen LogP) is 0.753. The molecule has 1 unspecified atom stereocenters. The van der Waals surface area contributed by atoms with Crippen molar-refractivity contribution < 1.29 is 4.74 Å². The third-order valence-electron chi connectivity index (χ3n) is 2.85. The lowest BCUT2D eigenvalue weighted by Gasteiger charge is -2.31. The van der Waals surface area contributed by atoms with Crippen LogP contribution in [0.2, 0.25) is 0 Å². The van der Waals surface area contributed by atoms with Gasteiger partial charge in [0.2, 0.25) is 0 Å². The van der Waals surface area contributed by atoms with Crippen LogP contribution < -0.4 is 10.6 Å². The first-order valence-corrected chi connectivity index (χ1v) is 4.99. The van der Waals surface area contributed by atoms with Crippen molar-refractivity contribution in [2.45, 2.75) is 38.3 Å². The van der Waals surface area contributed by atoms with E-state index in [2.05, 4.69) is 31.4 Å². The molecule has 0 saturated carbocycles. The van der Waals surface area contributed by atoms with Crippen LogP contribution in [0.5, 0.6) is 0 Å². The van der Waals surface area contributed by atoms with E-state index < -0.39 is 0 Å². The first kappa shape index (κ1) is 11.0. The Hall–Kier alpha value is -0.120. The molecule has 78 valence electrons. The molecule has 0 aromatic carbocycles. The van der Waals surface area contributed by atoms with E-state index in [4.69, 9.17) is 4.74 Å². The Morgan fingerprint density at radius 2 is 2.15 bits per heavy atom. The topological polar surface area (TPSA) is 33.3 Å². The lowest BCUT2D eigenvalue weighted by molar-refractivity contribution is 0.168. The summed E-state index contributed by atoms with van der Waals surface area (Å²) in [6.07, 6.45) is 1.12. The Bertz CT molecular complexity index is 162. The molecule has 1 rings (SSSR count). The maximum absolute atomic E-state index is 5.38. The molecular formula is C10H22N2O. The van der Waals surface area contributed by atoms with Gasteiger partial charge < -0.3 is 15.4 Å². The van der Waals surface area contributed by atoms with Crippen molar-refractivity contribution in [3.05, 3.63) is 0 Å². The molecule has 1 saturated heterocycles. The molecule has 1 aliphatic heterocycles. The molecule has 0 radical (unpaired) electrons. The fourth-order valence-electron chi connectivity index (χ4n) is 1.33. The predicted molar refractivity (Wildman–Crippen MR) is 55.0 cm³/mol. The van der Waals surface area contributed by atoms with Crippen LogP contribution in [0.15, 0.2) is 0 Å². The molecular weight excluding hydrogens is 164 g/mol. The molecule has 2 N–H and O–H groups in total.